The second-order valence-corrected chi connectivity index (χ2v) is 8.78. The Morgan fingerprint density at radius 2 is 1.73 bits per heavy atom. The van der Waals surface area contributed by atoms with Crippen LogP contribution < -0.4 is 0 Å². The molecule has 0 saturated carbocycles. The molecule has 2 aliphatic rings. The van der Waals surface area contributed by atoms with Gasteiger partial charge < -0.3 is 4.42 Å². The predicted molar refractivity (Wildman–Crippen MR) is 101 cm³/mol. The molecule has 0 unspecified atom stereocenters. The van der Waals surface area contributed by atoms with Crippen LogP contribution in [0.5, 0.6) is 0 Å². The number of nitrogens with zero attached hydrogens (tertiary/aromatic N) is 2. The first-order chi connectivity index (χ1) is 12.6. The van der Waals surface area contributed by atoms with E-state index in [1.165, 1.54) is 15.4 Å². The van der Waals surface area contributed by atoms with E-state index < -0.39 is 10.0 Å². The van der Waals surface area contributed by atoms with E-state index in [-0.39, 0.29) is 5.09 Å². The molecule has 0 bridgehead atoms. The Labute approximate surface area is 155 Å². The summed E-state index contributed by atoms with van der Waals surface area (Å²) in [7, 11) is -3.47. The Morgan fingerprint density at radius 3 is 2.42 bits per heavy atom. The minimum atomic E-state index is -3.47. The van der Waals surface area contributed by atoms with Gasteiger partial charge in [0, 0.05) is 26.2 Å². The quantitative estimate of drug-likeness (QED) is 0.808. The van der Waals surface area contributed by atoms with Crippen LogP contribution in [-0.4, -0.2) is 43.8 Å². The maximum absolute atomic E-state index is 12.5. The summed E-state index contributed by atoms with van der Waals surface area (Å²) in [5.41, 5.74) is 2.66. The fraction of sp³-hybridized carbons (Fsp3) is 0.400. The third-order valence-corrected chi connectivity index (χ3v) is 6.89. The van der Waals surface area contributed by atoms with Gasteiger partial charge in [-0.3, -0.25) is 4.90 Å². The Hall–Kier alpha value is -1.89. The molecule has 6 heteroatoms. The molecule has 0 N–H and O–H groups in total. The molecular weight excluding hydrogens is 348 g/mol. The highest BCUT2D eigenvalue weighted by Gasteiger charge is 2.30. The van der Waals surface area contributed by atoms with Crippen molar-refractivity contribution in [3.05, 3.63) is 59.9 Å². The van der Waals surface area contributed by atoms with E-state index in [4.69, 9.17) is 4.42 Å². The van der Waals surface area contributed by atoms with Gasteiger partial charge >= 0.3 is 0 Å². The van der Waals surface area contributed by atoms with Crippen molar-refractivity contribution in [3.8, 4) is 0 Å². The van der Waals surface area contributed by atoms with Crippen molar-refractivity contribution in [1.82, 2.24) is 9.21 Å². The van der Waals surface area contributed by atoms with Crippen molar-refractivity contribution in [1.29, 1.82) is 0 Å². The molecule has 26 heavy (non-hydrogen) atoms. The summed E-state index contributed by atoms with van der Waals surface area (Å²) in [5.74, 6) is 0.708. The third-order valence-electron chi connectivity index (χ3n) is 5.11. The summed E-state index contributed by atoms with van der Waals surface area (Å²) in [6.45, 7) is 3.61. The molecule has 4 rings (SSSR count). The Balaban J connectivity index is 1.40. The van der Waals surface area contributed by atoms with Gasteiger partial charge in [0.1, 0.15) is 5.76 Å². The summed E-state index contributed by atoms with van der Waals surface area (Å²) in [4.78, 5) is 2.28. The van der Waals surface area contributed by atoms with Gasteiger partial charge in [-0.2, -0.15) is 4.31 Å². The summed E-state index contributed by atoms with van der Waals surface area (Å²) in [6.07, 6.45) is 5.10. The van der Waals surface area contributed by atoms with Gasteiger partial charge in [-0.1, -0.05) is 36.4 Å². The molecule has 0 aliphatic carbocycles. The second kappa shape index (κ2) is 7.39. The first kappa shape index (κ1) is 17.5. The molecule has 0 radical (unpaired) electrons. The first-order valence-corrected chi connectivity index (χ1v) is 10.6. The van der Waals surface area contributed by atoms with E-state index in [9.17, 15) is 8.42 Å². The lowest BCUT2D eigenvalue weighted by atomic mass is 9.99. The van der Waals surface area contributed by atoms with Crippen LogP contribution in [0.15, 0.2) is 58.1 Å². The smallest absolute Gasteiger partial charge is 0.276 e. The lowest BCUT2D eigenvalue weighted by Gasteiger charge is -2.25. The standard InChI is InChI=1S/C20H24N2O3S/c23-26(24,22-12-4-5-13-22)20-9-8-19(25-20)16-21-14-10-18(11-15-21)17-6-2-1-3-7-17/h1-3,6-10H,4-5,11-16H2. The van der Waals surface area contributed by atoms with Crippen LogP contribution in [0.4, 0.5) is 0 Å². The number of hydrogen-bond donors (Lipinski definition) is 0. The number of rotatable bonds is 5. The van der Waals surface area contributed by atoms with Crippen LogP contribution in [-0.2, 0) is 16.6 Å². The normalized spacial score (nSPS) is 19.6. The Morgan fingerprint density at radius 1 is 0.962 bits per heavy atom. The molecule has 0 atom stereocenters. The zero-order valence-electron chi connectivity index (χ0n) is 14.8. The van der Waals surface area contributed by atoms with Crippen LogP contribution in [0.3, 0.4) is 0 Å². The SMILES string of the molecule is O=S(=O)(c1ccc(CN2CC=C(c3ccccc3)CC2)o1)N1CCCC1. The van der Waals surface area contributed by atoms with Crippen molar-refractivity contribution in [2.45, 2.75) is 30.9 Å². The average molecular weight is 372 g/mol. The van der Waals surface area contributed by atoms with E-state index in [2.05, 4.69) is 35.2 Å². The van der Waals surface area contributed by atoms with Gasteiger partial charge in [0.2, 0.25) is 5.09 Å². The number of furan rings is 1. The first-order valence-electron chi connectivity index (χ1n) is 9.18. The highest BCUT2D eigenvalue weighted by atomic mass is 32.2. The van der Waals surface area contributed by atoms with Crippen molar-refractivity contribution in [2.75, 3.05) is 26.2 Å². The van der Waals surface area contributed by atoms with E-state index >= 15 is 0 Å². The number of sulfonamides is 1. The van der Waals surface area contributed by atoms with E-state index in [0.717, 1.165) is 32.4 Å². The van der Waals surface area contributed by atoms with Gasteiger partial charge in [-0.15, -0.1) is 0 Å². The van der Waals surface area contributed by atoms with Crippen molar-refractivity contribution in [3.63, 3.8) is 0 Å². The molecule has 1 fully saturated rings. The van der Waals surface area contributed by atoms with Gasteiger partial charge in [-0.05, 0) is 42.5 Å². The van der Waals surface area contributed by atoms with Gasteiger partial charge in [0.15, 0.2) is 0 Å². The Bertz CT molecular complexity index is 881. The third kappa shape index (κ3) is 3.63. The molecule has 1 saturated heterocycles. The van der Waals surface area contributed by atoms with E-state index in [0.29, 0.717) is 25.4 Å². The fourth-order valence-corrected chi connectivity index (χ4v) is 5.07. The highest BCUT2D eigenvalue weighted by molar-refractivity contribution is 7.89. The summed E-state index contributed by atoms with van der Waals surface area (Å²) in [6, 6.07) is 13.8. The molecule has 0 amide bonds. The maximum Gasteiger partial charge on any atom is 0.276 e. The fourth-order valence-electron chi connectivity index (χ4n) is 3.63. The number of benzene rings is 1. The van der Waals surface area contributed by atoms with Crippen LogP contribution in [0.2, 0.25) is 0 Å². The summed E-state index contributed by atoms with van der Waals surface area (Å²) >= 11 is 0. The molecular formula is C20H24N2O3S. The summed E-state index contributed by atoms with van der Waals surface area (Å²) < 4.78 is 32.3. The van der Waals surface area contributed by atoms with Crippen LogP contribution in [0.25, 0.3) is 5.57 Å². The molecule has 138 valence electrons. The molecule has 0 spiro atoms. The van der Waals surface area contributed by atoms with E-state index in [1.807, 2.05) is 6.07 Å². The topological polar surface area (TPSA) is 53.8 Å². The van der Waals surface area contributed by atoms with Crippen molar-refractivity contribution in [2.24, 2.45) is 0 Å². The molecule has 2 aromatic rings. The summed E-state index contributed by atoms with van der Waals surface area (Å²) in [5, 5.41) is 0.0759. The monoisotopic (exact) mass is 372 g/mol. The van der Waals surface area contributed by atoms with Crippen LogP contribution >= 0.6 is 0 Å². The molecule has 1 aromatic carbocycles. The average Bonchev–Trinajstić information content (AvgIpc) is 3.36. The molecule has 5 nitrogen and oxygen atoms in total. The van der Waals surface area contributed by atoms with Crippen molar-refractivity contribution < 1.29 is 12.8 Å². The van der Waals surface area contributed by atoms with Crippen LogP contribution in [0, 0.1) is 0 Å². The molecule has 3 heterocycles. The second-order valence-electron chi connectivity index (χ2n) is 6.91. The van der Waals surface area contributed by atoms with Gasteiger partial charge in [0.05, 0.1) is 6.54 Å². The highest BCUT2D eigenvalue weighted by Crippen LogP contribution is 2.25. The molecule has 1 aromatic heterocycles. The van der Waals surface area contributed by atoms with Crippen LogP contribution in [0.1, 0.15) is 30.6 Å². The minimum Gasteiger partial charge on any atom is -0.447 e. The van der Waals surface area contributed by atoms with E-state index in [1.54, 1.807) is 12.1 Å². The van der Waals surface area contributed by atoms with Gasteiger partial charge in [-0.25, -0.2) is 8.42 Å². The largest absolute Gasteiger partial charge is 0.447 e. The molecule has 2 aliphatic heterocycles. The minimum absolute atomic E-state index is 0.0759. The number of hydrogen-bond acceptors (Lipinski definition) is 4. The Kier molecular flexibility index (Phi) is 4.98. The zero-order chi connectivity index (χ0) is 18.0. The van der Waals surface area contributed by atoms with Gasteiger partial charge in [0.25, 0.3) is 10.0 Å². The van der Waals surface area contributed by atoms with Crippen molar-refractivity contribution >= 4 is 15.6 Å². The lowest BCUT2D eigenvalue weighted by Crippen LogP contribution is -2.28. The zero-order valence-corrected chi connectivity index (χ0v) is 15.6. The lowest BCUT2D eigenvalue weighted by molar-refractivity contribution is 0.256. The predicted octanol–water partition coefficient (Wildman–Crippen LogP) is 3.35. The maximum atomic E-state index is 12.5.